The minimum Gasteiger partial charge on any atom is -0.352 e. The number of carbonyl (C=O) groups excluding carboxylic acids is 2. The van der Waals surface area contributed by atoms with E-state index >= 15 is 0 Å². The molecule has 0 heterocycles. The Morgan fingerprint density at radius 1 is 1.04 bits per heavy atom. The molecule has 0 aliphatic carbocycles. The number of rotatable bonds is 6. The van der Waals surface area contributed by atoms with E-state index in [4.69, 9.17) is 0 Å². The van der Waals surface area contributed by atoms with Crippen LogP contribution in [-0.2, 0) is 6.42 Å². The third-order valence-corrected chi connectivity index (χ3v) is 3.48. The van der Waals surface area contributed by atoms with Crippen molar-refractivity contribution in [2.45, 2.75) is 26.3 Å². The van der Waals surface area contributed by atoms with Gasteiger partial charge in [-0.1, -0.05) is 30.3 Å². The highest BCUT2D eigenvalue weighted by Crippen LogP contribution is 2.15. The fourth-order valence-electron chi connectivity index (χ4n) is 2.32. The summed E-state index contributed by atoms with van der Waals surface area (Å²) in [5, 5.41) is 8.13. The van der Waals surface area contributed by atoms with Crippen LogP contribution in [0.15, 0.2) is 48.5 Å². The molecule has 0 saturated heterocycles. The number of benzene rings is 2. The molecular weight excluding hydrogens is 321 g/mol. The molecule has 3 N–H and O–H groups in total. The number of hydrogen-bond acceptors (Lipinski definition) is 2. The largest absolute Gasteiger partial charge is 0.352 e. The van der Waals surface area contributed by atoms with Gasteiger partial charge in [-0.05, 0) is 44.0 Å². The van der Waals surface area contributed by atoms with E-state index in [1.165, 1.54) is 6.07 Å². The average Bonchev–Trinajstić information content (AvgIpc) is 2.56. The van der Waals surface area contributed by atoms with Crippen LogP contribution in [0.3, 0.4) is 0 Å². The first-order valence-corrected chi connectivity index (χ1v) is 8.15. The first kappa shape index (κ1) is 18.4. The zero-order valence-electron chi connectivity index (χ0n) is 14.3. The Kier molecular flexibility index (Phi) is 6.51. The lowest BCUT2D eigenvalue weighted by Gasteiger charge is -2.13. The summed E-state index contributed by atoms with van der Waals surface area (Å²) in [5.41, 5.74) is 1.32. The molecule has 25 heavy (non-hydrogen) atoms. The van der Waals surface area contributed by atoms with Crippen molar-refractivity contribution in [1.82, 2.24) is 10.6 Å². The smallest absolute Gasteiger partial charge is 0.319 e. The molecule has 0 unspecified atom stereocenters. The molecule has 2 rings (SSSR count). The normalized spacial score (nSPS) is 10.4. The molecule has 0 aliphatic heterocycles. The molecule has 0 aliphatic rings. The van der Waals surface area contributed by atoms with Crippen molar-refractivity contribution in [3.05, 3.63) is 65.5 Å². The van der Waals surface area contributed by atoms with E-state index in [0.717, 1.165) is 0 Å². The number of amides is 3. The maximum Gasteiger partial charge on any atom is 0.319 e. The van der Waals surface area contributed by atoms with Crippen LogP contribution < -0.4 is 16.0 Å². The fourth-order valence-corrected chi connectivity index (χ4v) is 2.32. The topological polar surface area (TPSA) is 70.2 Å². The minimum atomic E-state index is -0.374. The summed E-state index contributed by atoms with van der Waals surface area (Å²) in [6, 6.07) is 12.8. The molecule has 0 radical (unpaired) electrons. The molecule has 5 nitrogen and oxygen atoms in total. The maximum absolute atomic E-state index is 13.6. The number of para-hydroxylation sites is 1. The van der Waals surface area contributed by atoms with Gasteiger partial charge < -0.3 is 16.0 Å². The maximum atomic E-state index is 13.6. The van der Waals surface area contributed by atoms with Crippen LogP contribution in [0.25, 0.3) is 0 Å². The highest BCUT2D eigenvalue weighted by Gasteiger charge is 2.13. The van der Waals surface area contributed by atoms with Gasteiger partial charge in [0.15, 0.2) is 0 Å². The molecule has 0 aromatic heterocycles. The summed E-state index contributed by atoms with van der Waals surface area (Å²) in [6.45, 7) is 3.99. The Balaban J connectivity index is 1.97. The van der Waals surface area contributed by atoms with Crippen molar-refractivity contribution in [1.29, 1.82) is 0 Å². The number of anilines is 1. The molecule has 132 valence electrons. The van der Waals surface area contributed by atoms with E-state index in [9.17, 15) is 14.0 Å². The van der Waals surface area contributed by atoms with Crippen LogP contribution in [0.4, 0.5) is 14.9 Å². The van der Waals surface area contributed by atoms with Gasteiger partial charge in [0.05, 0.1) is 11.3 Å². The number of carbonyl (C=O) groups is 2. The quantitative estimate of drug-likeness (QED) is 0.753. The number of urea groups is 1. The molecule has 2 aromatic carbocycles. The van der Waals surface area contributed by atoms with Crippen molar-refractivity contribution in [3.63, 3.8) is 0 Å². The van der Waals surface area contributed by atoms with Gasteiger partial charge >= 0.3 is 6.03 Å². The van der Waals surface area contributed by atoms with Crippen molar-refractivity contribution in [2.75, 3.05) is 11.9 Å². The molecule has 0 fully saturated rings. The molecule has 0 saturated carbocycles. The predicted molar refractivity (Wildman–Crippen MR) is 96.2 cm³/mol. The molecule has 0 spiro atoms. The lowest BCUT2D eigenvalue weighted by atomic mass is 10.1. The van der Waals surface area contributed by atoms with Gasteiger partial charge in [0.2, 0.25) is 0 Å². The number of halogens is 1. The highest BCUT2D eigenvalue weighted by atomic mass is 19.1. The molecular formula is C19H22FN3O2. The van der Waals surface area contributed by atoms with E-state index in [-0.39, 0.29) is 23.8 Å². The fraction of sp³-hybridized carbons (Fsp3) is 0.263. The Morgan fingerprint density at radius 3 is 2.44 bits per heavy atom. The van der Waals surface area contributed by atoms with E-state index < -0.39 is 0 Å². The molecule has 3 amide bonds. The summed E-state index contributed by atoms with van der Waals surface area (Å²) < 4.78 is 13.6. The second kappa shape index (κ2) is 8.82. The van der Waals surface area contributed by atoms with Gasteiger partial charge in [-0.25, -0.2) is 9.18 Å². The van der Waals surface area contributed by atoms with E-state index in [1.54, 1.807) is 42.5 Å². The summed E-state index contributed by atoms with van der Waals surface area (Å²) >= 11 is 0. The zero-order chi connectivity index (χ0) is 18.2. The third kappa shape index (κ3) is 5.60. The van der Waals surface area contributed by atoms with Crippen LogP contribution in [0.5, 0.6) is 0 Å². The summed E-state index contributed by atoms with van der Waals surface area (Å²) in [6.07, 6.45) is 0.391. The predicted octanol–water partition coefficient (Wildman–Crippen LogP) is 3.33. The zero-order valence-corrected chi connectivity index (χ0v) is 14.3. The first-order valence-electron chi connectivity index (χ1n) is 8.15. The number of nitrogens with one attached hydrogen (secondary N) is 3. The van der Waals surface area contributed by atoms with Gasteiger partial charge in [0.1, 0.15) is 5.82 Å². The van der Waals surface area contributed by atoms with Gasteiger partial charge in [0.25, 0.3) is 5.91 Å². The second-order valence-corrected chi connectivity index (χ2v) is 5.90. The van der Waals surface area contributed by atoms with Crippen LogP contribution >= 0.6 is 0 Å². The Bertz CT molecular complexity index is 747. The van der Waals surface area contributed by atoms with Crippen molar-refractivity contribution >= 4 is 17.6 Å². The Morgan fingerprint density at radius 2 is 1.72 bits per heavy atom. The van der Waals surface area contributed by atoms with Gasteiger partial charge in [-0.2, -0.15) is 0 Å². The van der Waals surface area contributed by atoms with Crippen LogP contribution in [0.2, 0.25) is 0 Å². The third-order valence-electron chi connectivity index (χ3n) is 3.48. The Hall–Kier alpha value is -2.89. The standard InChI is InChI=1S/C19H22FN3O2/c1-13(2)22-19(25)23-17-10-6-4-8-15(17)18(24)21-12-11-14-7-3-5-9-16(14)20/h3-10,13H,11-12H2,1-2H3,(H,21,24)(H2,22,23,25). The van der Waals surface area contributed by atoms with E-state index in [1.807, 2.05) is 13.8 Å². The lowest BCUT2D eigenvalue weighted by Crippen LogP contribution is -2.35. The first-order chi connectivity index (χ1) is 12.0. The van der Waals surface area contributed by atoms with Crippen LogP contribution in [0, 0.1) is 5.82 Å². The SMILES string of the molecule is CC(C)NC(=O)Nc1ccccc1C(=O)NCCc1ccccc1F. The summed E-state index contributed by atoms with van der Waals surface area (Å²) in [5.74, 6) is -0.610. The summed E-state index contributed by atoms with van der Waals surface area (Å²) in [7, 11) is 0. The van der Waals surface area contributed by atoms with Crippen molar-refractivity contribution in [3.8, 4) is 0 Å². The molecule has 0 bridgehead atoms. The molecule has 2 aromatic rings. The monoisotopic (exact) mass is 343 g/mol. The van der Waals surface area contributed by atoms with Gasteiger partial charge in [-0.3, -0.25) is 4.79 Å². The van der Waals surface area contributed by atoms with Crippen LogP contribution in [-0.4, -0.2) is 24.5 Å². The molecule has 6 heteroatoms. The highest BCUT2D eigenvalue weighted by molar-refractivity contribution is 6.03. The minimum absolute atomic E-state index is 0.0123. The average molecular weight is 343 g/mol. The van der Waals surface area contributed by atoms with E-state index in [2.05, 4.69) is 16.0 Å². The van der Waals surface area contributed by atoms with Gasteiger partial charge in [0, 0.05) is 12.6 Å². The lowest BCUT2D eigenvalue weighted by molar-refractivity contribution is 0.0955. The van der Waals surface area contributed by atoms with Crippen molar-refractivity contribution < 1.29 is 14.0 Å². The Labute approximate surface area is 146 Å². The van der Waals surface area contributed by atoms with Gasteiger partial charge in [-0.15, -0.1) is 0 Å². The van der Waals surface area contributed by atoms with E-state index in [0.29, 0.717) is 29.8 Å². The van der Waals surface area contributed by atoms with Crippen molar-refractivity contribution in [2.24, 2.45) is 0 Å². The van der Waals surface area contributed by atoms with Crippen LogP contribution in [0.1, 0.15) is 29.8 Å². The number of hydrogen-bond donors (Lipinski definition) is 3. The molecule has 0 atom stereocenters. The summed E-state index contributed by atoms with van der Waals surface area (Å²) in [4.78, 5) is 24.2. The second-order valence-electron chi connectivity index (χ2n) is 5.90.